The molecule has 1 N–H and O–H groups in total. The van der Waals surface area contributed by atoms with Gasteiger partial charge in [0.25, 0.3) is 0 Å². The number of sulfone groups is 1. The first-order valence-electron chi connectivity index (χ1n) is 6.63. The number of hydrogen-bond donors (Lipinski definition) is 1. The largest absolute Gasteiger partial charge is 0.496 e. The lowest BCUT2D eigenvalue weighted by Gasteiger charge is -2.23. The second-order valence-corrected chi connectivity index (χ2v) is 7.54. The lowest BCUT2D eigenvalue weighted by Crippen LogP contribution is -2.32. The Balaban J connectivity index is 2.13. The maximum Gasteiger partial charge on any atom is 0.339 e. The van der Waals surface area contributed by atoms with Gasteiger partial charge in [-0.05, 0) is 31.2 Å². The van der Waals surface area contributed by atoms with Crippen molar-refractivity contribution in [2.24, 2.45) is 0 Å². The molecule has 0 saturated carbocycles. The highest BCUT2D eigenvalue weighted by Crippen LogP contribution is 2.23. The minimum atomic E-state index is -2.92. The van der Waals surface area contributed by atoms with E-state index in [-0.39, 0.29) is 23.1 Å². The Hall–Kier alpha value is -1.60. The molecule has 0 radical (unpaired) electrons. The smallest absolute Gasteiger partial charge is 0.339 e. The van der Waals surface area contributed by atoms with E-state index in [1.807, 2.05) is 11.9 Å². The summed E-state index contributed by atoms with van der Waals surface area (Å²) >= 11 is 0. The molecule has 0 spiro atoms. The number of carboxylic acids is 1. The Morgan fingerprint density at radius 1 is 1.48 bits per heavy atom. The number of carboxylic acid groups (broad SMARTS) is 1. The van der Waals surface area contributed by atoms with Crippen LogP contribution in [0.1, 0.15) is 22.3 Å². The van der Waals surface area contributed by atoms with Gasteiger partial charge in [-0.1, -0.05) is 6.07 Å². The van der Waals surface area contributed by atoms with Crippen LogP contribution in [0.2, 0.25) is 0 Å². The summed E-state index contributed by atoms with van der Waals surface area (Å²) in [6.07, 6.45) is 0.626. The van der Waals surface area contributed by atoms with Crippen LogP contribution in [0.5, 0.6) is 5.75 Å². The normalized spacial score (nSPS) is 20.6. The molecule has 0 aliphatic carbocycles. The summed E-state index contributed by atoms with van der Waals surface area (Å²) in [5.41, 5.74) is 0.933. The highest BCUT2D eigenvalue weighted by atomic mass is 32.2. The maximum atomic E-state index is 11.5. The Kier molecular flexibility index (Phi) is 4.53. The van der Waals surface area contributed by atoms with Crippen molar-refractivity contribution in [2.75, 3.05) is 25.7 Å². The zero-order chi connectivity index (χ0) is 15.6. The Bertz CT molecular complexity index is 641. The summed E-state index contributed by atoms with van der Waals surface area (Å²) < 4.78 is 28.0. The van der Waals surface area contributed by atoms with E-state index in [0.717, 1.165) is 5.56 Å². The number of hydrogen-bond acceptors (Lipinski definition) is 5. The van der Waals surface area contributed by atoms with Gasteiger partial charge in [0.1, 0.15) is 11.3 Å². The fourth-order valence-corrected chi connectivity index (χ4v) is 4.37. The van der Waals surface area contributed by atoms with E-state index in [1.54, 1.807) is 18.2 Å². The highest BCUT2D eigenvalue weighted by molar-refractivity contribution is 7.91. The van der Waals surface area contributed by atoms with Gasteiger partial charge in [0, 0.05) is 12.6 Å². The summed E-state index contributed by atoms with van der Waals surface area (Å²) in [4.78, 5) is 13.1. The van der Waals surface area contributed by atoms with Crippen molar-refractivity contribution in [1.29, 1.82) is 0 Å². The molecule has 1 aromatic rings. The van der Waals surface area contributed by atoms with Crippen molar-refractivity contribution in [3.63, 3.8) is 0 Å². The molecule has 116 valence electrons. The number of aromatic carboxylic acids is 1. The predicted octanol–water partition coefficient (Wildman–Crippen LogP) is 1.01. The van der Waals surface area contributed by atoms with Crippen LogP contribution in [0.3, 0.4) is 0 Å². The van der Waals surface area contributed by atoms with E-state index in [1.165, 1.54) is 7.11 Å². The lowest BCUT2D eigenvalue weighted by molar-refractivity contribution is 0.0693. The van der Waals surface area contributed by atoms with Gasteiger partial charge in [-0.15, -0.1) is 0 Å². The van der Waals surface area contributed by atoms with Gasteiger partial charge < -0.3 is 9.84 Å². The van der Waals surface area contributed by atoms with Gasteiger partial charge in [-0.25, -0.2) is 13.2 Å². The van der Waals surface area contributed by atoms with E-state index in [0.29, 0.717) is 18.7 Å². The SMILES string of the molecule is COc1ccc(CN(C)C2CCS(=O)(=O)C2)cc1C(=O)O. The topological polar surface area (TPSA) is 83.9 Å². The first kappa shape index (κ1) is 15.8. The molecular formula is C14H19NO5S. The number of carbonyl (C=O) groups is 1. The Labute approximate surface area is 124 Å². The predicted molar refractivity (Wildman–Crippen MR) is 78.5 cm³/mol. The second kappa shape index (κ2) is 6.03. The van der Waals surface area contributed by atoms with Crippen molar-refractivity contribution in [3.8, 4) is 5.75 Å². The maximum absolute atomic E-state index is 11.5. The van der Waals surface area contributed by atoms with Crippen molar-refractivity contribution >= 4 is 15.8 Å². The molecular weight excluding hydrogens is 294 g/mol. The number of ether oxygens (including phenoxy) is 1. The van der Waals surface area contributed by atoms with E-state index < -0.39 is 15.8 Å². The lowest BCUT2D eigenvalue weighted by atomic mass is 10.1. The molecule has 21 heavy (non-hydrogen) atoms. The zero-order valence-corrected chi connectivity index (χ0v) is 12.9. The van der Waals surface area contributed by atoms with Crippen LogP contribution < -0.4 is 4.74 Å². The van der Waals surface area contributed by atoms with Gasteiger partial charge in [0.15, 0.2) is 9.84 Å². The van der Waals surface area contributed by atoms with Gasteiger partial charge >= 0.3 is 5.97 Å². The van der Waals surface area contributed by atoms with E-state index in [2.05, 4.69) is 0 Å². The van der Waals surface area contributed by atoms with E-state index >= 15 is 0 Å². The molecule has 1 saturated heterocycles. The summed E-state index contributed by atoms with van der Waals surface area (Å²) in [5.74, 6) is -0.326. The first-order valence-corrected chi connectivity index (χ1v) is 8.45. The summed E-state index contributed by atoms with van der Waals surface area (Å²) in [5, 5.41) is 9.16. The molecule has 1 aliphatic heterocycles. The highest BCUT2D eigenvalue weighted by Gasteiger charge is 2.30. The number of benzene rings is 1. The molecule has 0 amide bonds. The number of rotatable bonds is 5. The second-order valence-electron chi connectivity index (χ2n) is 5.31. The first-order chi connectivity index (χ1) is 9.82. The molecule has 6 nitrogen and oxygen atoms in total. The minimum Gasteiger partial charge on any atom is -0.496 e. The third-order valence-electron chi connectivity index (χ3n) is 3.76. The zero-order valence-electron chi connectivity index (χ0n) is 12.1. The molecule has 1 aromatic carbocycles. The number of nitrogens with zero attached hydrogens (tertiary/aromatic N) is 1. The average molecular weight is 313 g/mol. The van der Waals surface area contributed by atoms with E-state index in [9.17, 15) is 13.2 Å². The summed E-state index contributed by atoms with van der Waals surface area (Å²) in [6, 6.07) is 4.98. The molecule has 1 unspecified atom stereocenters. The monoisotopic (exact) mass is 313 g/mol. The van der Waals surface area contributed by atoms with Crippen LogP contribution in [0, 0.1) is 0 Å². The minimum absolute atomic E-state index is 0.00891. The fourth-order valence-electron chi connectivity index (χ4n) is 2.56. The van der Waals surface area contributed by atoms with Crippen LogP contribution >= 0.6 is 0 Å². The molecule has 2 rings (SSSR count). The summed E-state index contributed by atoms with van der Waals surface area (Å²) in [7, 11) is 0.364. The van der Waals surface area contributed by atoms with Crippen molar-refractivity contribution in [1.82, 2.24) is 4.90 Å². The molecule has 1 aliphatic rings. The van der Waals surface area contributed by atoms with Crippen LogP contribution in [0.4, 0.5) is 0 Å². The quantitative estimate of drug-likeness (QED) is 0.873. The third kappa shape index (κ3) is 3.74. The number of methoxy groups -OCH3 is 1. The molecule has 0 bridgehead atoms. The fraction of sp³-hybridized carbons (Fsp3) is 0.500. The third-order valence-corrected chi connectivity index (χ3v) is 5.51. The van der Waals surface area contributed by atoms with Gasteiger partial charge in [-0.2, -0.15) is 0 Å². The van der Waals surface area contributed by atoms with Crippen molar-refractivity contribution in [3.05, 3.63) is 29.3 Å². The van der Waals surface area contributed by atoms with Gasteiger partial charge in [0.05, 0.1) is 18.6 Å². The van der Waals surface area contributed by atoms with E-state index in [4.69, 9.17) is 9.84 Å². The summed E-state index contributed by atoms with van der Waals surface area (Å²) in [6.45, 7) is 0.504. The Morgan fingerprint density at radius 3 is 2.71 bits per heavy atom. The average Bonchev–Trinajstić information content (AvgIpc) is 2.79. The molecule has 7 heteroatoms. The van der Waals surface area contributed by atoms with Gasteiger partial charge in [0.2, 0.25) is 0 Å². The molecule has 1 heterocycles. The standard InChI is InChI=1S/C14H19NO5S/c1-15(11-5-6-21(18,19)9-11)8-10-3-4-13(20-2)12(7-10)14(16)17/h3-4,7,11H,5-6,8-9H2,1-2H3,(H,16,17). The Morgan fingerprint density at radius 2 is 2.19 bits per heavy atom. The van der Waals surface area contributed by atoms with Crippen LogP contribution in [-0.4, -0.2) is 56.1 Å². The molecule has 0 aromatic heterocycles. The molecule has 1 atom stereocenters. The molecule has 1 fully saturated rings. The van der Waals surface area contributed by atoms with Crippen LogP contribution in [0.25, 0.3) is 0 Å². The van der Waals surface area contributed by atoms with Gasteiger partial charge in [-0.3, -0.25) is 4.90 Å². The van der Waals surface area contributed by atoms with Crippen molar-refractivity contribution in [2.45, 2.75) is 19.0 Å². The van der Waals surface area contributed by atoms with Crippen molar-refractivity contribution < 1.29 is 23.1 Å². The van der Waals surface area contributed by atoms with Crippen LogP contribution in [0.15, 0.2) is 18.2 Å². The van der Waals surface area contributed by atoms with Crippen LogP contribution in [-0.2, 0) is 16.4 Å².